The van der Waals surface area contributed by atoms with Crippen molar-refractivity contribution in [1.82, 2.24) is 9.78 Å². The van der Waals surface area contributed by atoms with Crippen molar-refractivity contribution in [2.24, 2.45) is 0 Å². The third kappa shape index (κ3) is 2.15. The Balaban J connectivity index is 0.00000133. The van der Waals surface area contributed by atoms with E-state index in [1.807, 2.05) is 10.9 Å². The molecule has 2 aliphatic heterocycles. The molecule has 0 aliphatic carbocycles. The first-order valence-electron chi connectivity index (χ1n) is 6.56. The second-order valence-corrected chi connectivity index (χ2v) is 6.04. The minimum atomic E-state index is -0.329. The average Bonchev–Trinajstić information content (AvgIpc) is 2.78. The number of aryl methyl sites for hydroxylation is 1. The first kappa shape index (κ1) is 14.4. The fourth-order valence-corrected chi connectivity index (χ4v) is 2.34. The van der Waals surface area contributed by atoms with Crippen LogP contribution in [0.4, 0.5) is 5.82 Å². The molecule has 0 aromatic carbocycles. The number of hydrogen-bond acceptors (Lipinski definition) is 4. The molecule has 0 bridgehead atoms. The van der Waals surface area contributed by atoms with Gasteiger partial charge in [0.1, 0.15) is 5.82 Å². The van der Waals surface area contributed by atoms with E-state index in [2.05, 4.69) is 38.1 Å². The van der Waals surface area contributed by atoms with Gasteiger partial charge in [0.2, 0.25) is 0 Å². The lowest BCUT2D eigenvalue weighted by atomic mass is 9.80. The lowest BCUT2D eigenvalue weighted by Crippen LogP contribution is -2.41. The molecule has 1 aromatic heterocycles. The van der Waals surface area contributed by atoms with Crippen LogP contribution in [0.2, 0.25) is 0 Å². The molecule has 0 radical (unpaired) electrons. The number of anilines is 1. The van der Waals surface area contributed by atoms with Gasteiger partial charge in [-0.15, -0.1) is 0 Å². The van der Waals surface area contributed by atoms with E-state index in [0.717, 1.165) is 30.8 Å². The quantitative estimate of drug-likeness (QED) is 0.736. The van der Waals surface area contributed by atoms with Crippen molar-refractivity contribution >= 4 is 18.4 Å². The monoisotopic (exact) mass is 267 g/mol. The summed E-state index contributed by atoms with van der Waals surface area (Å²) < 4.78 is 14.1. The second-order valence-electron chi connectivity index (χ2n) is 6.04. The molecule has 7 heteroatoms. The van der Waals surface area contributed by atoms with E-state index in [0.29, 0.717) is 0 Å². The van der Waals surface area contributed by atoms with Crippen LogP contribution < -0.4 is 10.8 Å². The van der Waals surface area contributed by atoms with Gasteiger partial charge < -0.3 is 20.1 Å². The molecule has 106 valence electrons. The molecule has 2 aliphatic rings. The van der Waals surface area contributed by atoms with Crippen LogP contribution in [0.3, 0.4) is 0 Å². The SMILES string of the molecule is CC1(C)OB(c2cnn3c2NCCC3)OC1(C)C.O. The minimum Gasteiger partial charge on any atom is -0.412 e. The van der Waals surface area contributed by atoms with Gasteiger partial charge in [-0.1, -0.05) is 0 Å². The molecule has 19 heavy (non-hydrogen) atoms. The van der Waals surface area contributed by atoms with E-state index in [9.17, 15) is 0 Å². The van der Waals surface area contributed by atoms with Crippen molar-refractivity contribution in [3.8, 4) is 0 Å². The molecule has 1 saturated heterocycles. The van der Waals surface area contributed by atoms with Crippen LogP contribution in [0, 0.1) is 0 Å². The van der Waals surface area contributed by atoms with Crippen LogP contribution in [0.1, 0.15) is 34.1 Å². The highest BCUT2D eigenvalue weighted by molar-refractivity contribution is 6.63. The molecule has 1 fully saturated rings. The largest absolute Gasteiger partial charge is 0.500 e. The summed E-state index contributed by atoms with van der Waals surface area (Å²) in [5.41, 5.74) is 0.399. The summed E-state index contributed by atoms with van der Waals surface area (Å²) in [6.07, 6.45) is 2.97. The highest BCUT2D eigenvalue weighted by Crippen LogP contribution is 2.37. The van der Waals surface area contributed by atoms with E-state index in [1.165, 1.54) is 0 Å². The Kier molecular flexibility index (Phi) is 3.41. The molecule has 0 amide bonds. The third-order valence-electron chi connectivity index (χ3n) is 4.21. The van der Waals surface area contributed by atoms with Crippen LogP contribution in [-0.4, -0.2) is 40.1 Å². The van der Waals surface area contributed by atoms with Crippen LogP contribution in [-0.2, 0) is 15.9 Å². The number of nitrogens with zero attached hydrogens (tertiary/aromatic N) is 2. The fraction of sp³-hybridized carbons (Fsp3) is 0.750. The number of aromatic nitrogens is 2. The maximum Gasteiger partial charge on any atom is 0.500 e. The Morgan fingerprint density at radius 1 is 1.26 bits per heavy atom. The van der Waals surface area contributed by atoms with Gasteiger partial charge in [-0.2, -0.15) is 5.10 Å². The Morgan fingerprint density at radius 3 is 2.53 bits per heavy atom. The molecule has 1 aromatic rings. The first-order valence-corrected chi connectivity index (χ1v) is 6.56. The number of rotatable bonds is 1. The Bertz CT molecular complexity index is 457. The first-order chi connectivity index (χ1) is 8.41. The van der Waals surface area contributed by atoms with E-state index in [4.69, 9.17) is 9.31 Å². The van der Waals surface area contributed by atoms with Gasteiger partial charge in [-0.05, 0) is 34.1 Å². The van der Waals surface area contributed by atoms with E-state index >= 15 is 0 Å². The van der Waals surface area contributed by atoms with Crippen LogP contribution >= 0.6 is 0 Å². The zero-order valence-corrected chi connectivity index (χ0v) is 12.0. The van der Waals surface area contributed by atoms with Gasteiger partial charge >= 0.3 is 7.12 Å². The lowest BCUT2D eigenvalue weighted by Gasteiger charge is -2.32. The standard InChI is InChI=1S/C12H20BN3O2.H2O/c1-11(2)12(3,4)18-13(17-11)9-8-15-16-7-5-6-14-10(9)16;/h8,14H,5-7H2,1-4H3;1H2. The number of nitrogens with one attached hydrogen (secondary N) is 1. The highest BCUT2D eigenvalue weighted by Gasteiger charge is 2.53. The molecule has 0 atom stereocenters. The Morgan fingerprint density at radius 2 is 1.89 bits per heavy atom. The smallest absolute Gasteiger partial charge is 0.412 e. The molecule has 3 N–H and O–H groups in total. The van der Waals surface area contributed by atoms with Gasteiger partial charge in [0.15, 0.2) is 0 Å². The summed E-state index contributed by atoms with van der Waals surface area (Å²) in [6, 6.07) is 0. The lowest BCUT2D eigenvalue weighted by molar-refractivity contribution is 0.00578. The van der Waals surface area contributed by atoms with Crippen molar-refractivity contribution < 1.29 is 14.8 Å². The summed E-state index contributed by atoms with van der Waals surface area (Å²) in [4.78, 5) is 0. The maximum absolute atomic E-state index is 6.06. The molecule has 0 spiro atoms. The third-order valence-corrected chi connectivity index (χ3v) is 4.21. The van der Waals surface area contributed by atoms with Gasteiger partial charge in [0, 0.05) is 18.6 Å². The topological polar surface area (TPSA) is 79.8 Å². The predicted molar refractivity (Wildman–Crippen MR) is 74.7 cm³/mol. The van der Waals surface area contributed by atoms with Crippen molar-refractivity contribution in [1.29, 1.82) is 0 Å². The highest BCUT2D eigenvalue weighted by atomic mass is 16.7. The predicted octanol–water partition coefficient (Wildman–Crippen LogP) is 0.173. The van der Waals surface area contributed by atoms with Crippen molar-refractivity contribution in [3.63, 3.8) is 0 Å². The van der Waals surface area contributed by atoms with Crippen molar-refractivity contribution in [2.45, 2.75) is 51.9 Å². The minimum absolute atomic E-state index is 0. The van der Waals surface area contributed by atoms with Gasteiger partial charge in [-0.25, -0.2) is 0 Å². The average molecular weight is 267 g/mol. The molecular formula is C12H22BN3O3. The zero-order valence-electron chi connectivity index (χ0n) is 12.0. The van der Waals surface area contributed by atoms with Gasteiger partial charge in [-0.3, -0.25) is 4.68 Å². The molecule has 3 rings (SSSR count). The van der Waals surface area contributed by atoms with E-state index < -0.39 is 0 Å². The molecular weight excluding hydrogens is 245 g/mol. The molecule has 0 unspecified atom stereocenters. The summed E-state index contributed by atoms with van der Waals surface area (Å²) in [6.45, 7) is 10.2. The van der Waals surface area contributed by atoms with Crippen LogP contribution in [0.15, 0.2) is 6.20 Å². The van der Waals surface area contributed by atoms with Crippen molar-refractivity contribution in [3.05, 3.63) is 6.20 Å². The maximum atomic E-state index is 6.06. The van der Waals surface area contributed by atoms with E-state index in [1.54, 1.807) is 0 Å². The summed E-state index contributed by atoms with van der Waals surface area (Å²) >= 11 is 0. The molecule has 0 saturated carbocycles. The van der Waals surface area contributed by atoms with Gasteiger partial charge in [0.25, 0.3) is 0 Å². The normalized spacial score (nSPS) is 23.5. The fourth-order valence-electron chi connectivity index (χ4n) is 2.34. The van der Waals surface area contributed by atoms with Crippen molar-refractivity contribution in [2.75, 3.05) is 11.9 Å². The van der Waals surface area contributed by atoms with Gasteiger partial charge in [0.05, 0.1) is 17.4 Å². The Hall–Kier alpha value is -1.05. The molecule has 3 heterocycles. The molecule has 6 nitrogen and oxygen atoms in total. The summed E-state index contributed by atoms with van der Waals surface area (Å²) in [7, 11) is -0.329. The second kappa shape index (κ2) is 4.50. The summed E-state index contributed by atoms with van der Waals surface area (Å²) in [5.74, 6) is 1.04. The van der Waals surface area contributed by atoms with Crippen LogP contribution in [0.25, 0.3) is 0 Å². The summed E-state index contributed by atoms with van der Waals surface area (Å²) in [5, 5.41) is 7.77. The number of fused-ring (bicyclic) bond motifs is 1. The Labute approximate surface area is 113 Å². The van der Waals surface area contributed by atoms with E-state index in [-0.39, 0.29) is 23.8 Å². The number of hydrogen-bond donors (Lipinski definition) is 1. The zero-order chi connectivity index (χ0) is 13.0. The van der Waals surface area contributed by atoms with Crippen LogP contribution in [0.5, 0.6) is 0 Å².